The average molecular weight is 755 g/mol. The minimum atomic E-state index is -7.64. The summed E-state index contributed by atoms with van der Waals surface area (Å²) in [6.45, 7) is 3.11. The van der Waals surface area contributed by atoms with Crippen molar-refractivity contribution in [2.45, 2.75) is 61.9 Å². The van der Waals surface area contributed by atoms with Gasteiger partial charge in [0.05, 0.1) is 29.0 Å². The van der Waals surface area contributed by atoms with E-state index in [0.29, 0.717) is 24.6 Å². The molecule has 3 aromatic rings. The molecular formula is C26H21ClF10N6O5S. The molecule has 2 heterocycles. The summed E-state index contributed by atoms with van der Waals surface area (Å²) in [6, 6.07) is 5.85. The number of ether oxygens (including phenoxy) is 1. The first-order valence-electron chi connectivity index (χ1n) is 13.4. The molecule has 0 bridgehead atoms. The lowest BCUT2D eigenvalue weighted by atomic mass is 10.0. The van der Waals surface area contributed by atoms with Crippen molar-refractivity contribution in [3.63, 3.8) is 0 Å². The highest BCUT2D eigenvalue weighted by molar-refractivity contribution is 7.88. The van der Waals surface area contributed by atoms with Crippen molar-refractivity contribution in [2.24, 2.45) is 7.05 Å². The number of carbonyl (C=O) groups is 1. The molecule has 11 nitrogen and oxygen atoms in total. The molecular weight excluding hydrogens is 734 g/mol. The standard InChI is InChI=1S/C26H21ClF10N6O5S/c1-13(2)47-12-42(22(11-38)6-7-22)21(44)16-8-14(4-5-17(16)27)15-9-39-43(10-15)20-18(23(28,29)30)19(40-41(20)3)48-49(45,46)24(31,25(32,33)34)26(35,36)37/h4-5,8-10,13H,6-7,12H2,1-3H3. The molecule has 0 N–H and O–H groups in total. The summed E-state index contributed by atoms with van der Waals surface area (Å²) in [6.07, 6.45) is -18.1. The van der Waals surface area contributed by atoms with E-state index in [9.17, 15) is 62.4 Å². The van der Waals surface area contributed by atoms with E-state index in [2.05, 4.69) is 20.4 Å². The van der Waals surface area contributed by atoms with Gasteiger partial charge in [-0.15, -0.1) is 5.10 Å². The van der Waals surface area contributed by atoms with Gasteiger partial charge in [0.25, 0.3) is 11.8 Å². The van der Waals surface area contributed by atoms with E-state index in [1.54, 1.807) is 13.8 Å². The maximum atomic E-state index is 14.3. The lowest BCUT2D eigenvalue weighted by molar-refractivity contribution is -0.307. The highest BCUT2D eigenvalue weighted by Crippen LogP contribution is 2.51. The Morgan fingerprint density at radius 2 is 1.67 bits per heavy atom. The van der Waals surface area contributed by atoms with Crippen LogP contribution >= 0.6 is 11.6 Å². The van der Waals surface area contributed by atoms with Gasteiger partial charge in [0, 0.05) is 18.8 Å². The molecule has 4 rings (SSSR count). The summed E-state index contributed by atoms with van der Waals surface area (Å²) in [4.78, 5) is 14.7. The Morgan fingerprint density at radius 3 is 2.16 bits per heavy atom. The Morgan fingerprint density at radius 1 is 1.08 bits per heavy atom. The van der Waals surface area contributed by atoms with Gasteiger partial charge < -0.3 is 8.92 Å². The second kappa shape index (κ2) is 12.3. The van der Waals surface area contributed by atoms with Crippen LogP contribution in [0.15, 0.2) is 30.6 Å². The number of halogens is 11. The van der Waals surface area contributed by atoms with Gasteiger partial charge in [0.1, 0.15) is 12.3 Å². The number of hydrogen-bond acceptors (Lipinski definition) is 8. The number of hydrogen-bond donors (Lipinski definition) is 0. The molecule has 0 aliphatic heterocycles. The zero-order chi connectivity index (χ0) is 37.1. The van der Waals surface area contributed by atoms with Crippen LogP contribution in [-0.2, 0) is 28.1 Å². The molecule has 1 saturated carbocycles. The van der Waals surface area contributed by atoms with E-state index < -0.39 is 62.4 Å². The van der Waals surface area contributed by atoms with Crippen LogP contribution < -0.4 is 4.18 Å². The molecule has 1 amide bonds. The number of benzene rings is 1. The first kappa shape index (κ1) is 37.7. The molecule has 1 aliphatic rings. The molecule has 1 fully saturated rings. The number of nitrogens with zero attached hydrogens (tertiary/aromatic N) is 6. The second-order valence-corrected chi connectivity index (χ2v) is 12.9. The largest absolute Gasteiger partial charge is 0.450 e. The Labute approximate surface area is 274 Å². The van der Waals surface area contributed by atoms with E-state index in [-0.39, 0.29) is 39.2 Å². The first-order chi connectivity index (χ1) is 22.3. The molecule has 0 unspecified atom stereocenters. The molecule has 0 atom stereocenters. The maximum absolute atomic E-state index is 14.3. The van der Waals surface area contributed by atoms with Gasteiger partial charge in [-0.3, -0.25) is 9.69 Å². The van der Waals surface area contributed by atoms with Crippen molar-refractivity contribution >= 4 is 27.6 Å². The lowest BCUT2D eigenvalue weighted by Gasteiger charge is -2.28. The van der Waals surface area contributed by atoms with Crippen molar-refractivity contribution in [3.8, 4) is 28.9 Å². The highest BCUT2D eigenvalue weighted by Gasteiger charge is 2.82. The van der Waals surface area contributed by atoms with Crippen LogP contribution in [0.2, 0.25) is 5.02 Å². The Bertz CT molecular complexity index is 1900. The van der Waals surface area contributed by atoms with Crippen LogP contribution in [0.5, 0.6) is 5.88 Å². The fourth-order valence-electron chi connectivity index (χ4n) is 4.43. The number of carbonyl (C=O) groups excluding carboxylic acids is 1. The molecule has 2 aromatic heterocycles. The van der Waals surface area contributed by atoms with Crippen molar-refractivity contribution < 1.29 is 66.0 Å². The minimum Gasteiger partial charge on any atom is -0.358 e. The van der Waals surface area contributed by atoms with Gasteiger partial charge in [-0.05, 0) is 44.4 Å². The predicted octanol–water partition coefficient (Wildman–Crippen LogP) is 6.32. The molecule has 1 aliphatic carbocycles. The van der Waals surface area contributed by atoms with E-state index in [0.717, 1.165) is 12.4 Å². The summed E-state index contributed by atoms with van der Waals surface area (Å²) in [5, 5.41) is 9.13. The average Bonchev–Trinajstić information content (AvgIpc) is 3.46. The minimum absolute atomic E-state index is 0.0431. The van der Waals surface area contributed by atoms with Crippen LogP contribution in [0.1, 0.15) is 42.6 Å². The van der Waals surface area contributed by atoms with E-state index in [4.69, 9.17) is 16.3 Å². The summed E-state index contributed by atoms with van der Waals surface area (Å²) in [5.74, 6) is -4.37. The second-order valence-electron chi connectivity index (χ2n) is 10.8. The van der Waals surface area contributed by atoms with Crippen LogP contribution in [0.4, 0.5) is 43.9 Å². The van der Waals surface area contributed by atoms with Crippen LogP contribution in [-0.4, -0.2) is 74.5 Å². The Balaban J connectivity index is 1.77. The summed E-state index contributed by atoms with van der Waals surface area (Å²) in [7, 11) is -6.96. The van der Waals surface area contributed by atoms with Gasteiger partial charge in [-0.1, -0.05) is 17.7 Å². The third-order valence-corrected chi connectivity index (χ3v) is 8.95. The van der Waals surface area contributed by atoms with Crippen molar-refractivity contribution in [1.29, 1.82) is 5.26 Å². The summed E-state index contributed by atoms with van der Waals surface area (Å²) in [5.41, 5.74) is -3.60. The molecule has 0 radical (unpaired) electrons. The smallest absolute Gasteiger partial charge is 0.358 e. The fourth-order valence-corrected chi connectivity index (χ4v) is 5.63. The third-order valence-electron chi connectivity index (χ3n) is 7.09. The topological polar surface area (TPSA) is 132 Å². The zero-order valence-corrected chi connectivity index (χ0v) is 26.4. The molecule has 49 heavy (non-hydrogen) atoms. The lowest BCUT2D eigenvalue weighted by Crippen LogP contribution is -2.60. The van der Waals surface area contributed by atoms with Gasteiger partial charge in [-0.2, -0.15) is 58.3 Å². The molecule has 23 heteroatoms. The summed E-state index contributed by atoms with van der Waals surface area (Å²) >= 11 is 6.28. The van der Waals surface area contributed by atoms with Crippen LogP contribution in [0.3, 0.4) is 0 Å². The van der Waals surface area contributed by atoms with Crippen molar-refractivity contribution in [3.05, 3.63) is 46.7 Å². The fraction of sp³-hybridized carbons (Fsp3) is 0.462. The molecule has 268 valence electrons. The van der Waals surface area contributed by atoms with E-state index in [1.807, 2.05) is 0 Å². The van der Waals surface area contributed by atoms with Gasteiger partial charge in [0.2, 0.25) is 0 Å². The summed E-state index contributed by atoms with van der Waals surface area (Å²) < 4.78 is 169. The Kier molecular flexibility index (Phi) is 9.50. The molecule has 0 saturated heterocycles. The number of alkyl halides is 10. The normalized spacial score (nSPS) is 15.3. The zero-order valence-electron chi connectivity index (χ0n) is 24.9. The van der Waals surface area contributed by atoms with Crippen LogP contribution in [0.25, 0.3) is 16.9 Å². The molecule has 0 spiro atoms. The van der Waals surface area contributed by atoms with E-state index in [1.165, 1.54) is 23.1 Å². The molecule has 1 aromatic carbocycles. The number of aryl methyl sites for hydroxylation is 1. The SMILES string of the molecule is CC(C)OCN(C(=O)c1cc(-c2cnn(-c3c(C(F)(F)F)c(OS(=O)(=O)C(F)(C(F)(F)F)C(F)(F)F)nn3C)c2)ccc1Cl)C1(C#N)CC1. The van der Waals surface area contributed by atoms with Crippen molar-refractivity contribution in [2.75, 3.05) is 6.73 Å². The monoisotopic (exact) mass is 754 g/mol. The quantitative estimate of drug-likeness (QED) is 0.133. The third kappa shape index (κ3) is 6.74. The van der Waals surface area contributed by atoms with Gasteiger partial charge >= 0.3 is 33.6 Å². The highest BCUT2D eigenvalue weighted by atomic mass is 35.5. The van der Waals surface area contributed by atoms with Gasteiger partial charge in [0.15, 0.2) is 11.4 Å². The predicted molar refractivity (Wildman–Crippen MR) is 146 cm³/mol. The number of amides is 1. The van der Waals surface area contributed by atoms with Crippen LogP contribution in [0, 0.1) is 11.3 Å². The number of nitriles is 1. The Hall–Kier alpha value is -4.10. The van der Waals surface area contributed by atoms with Gasteiger partial charge in [-0.25, -0.2) is 13.8 Å². The maximum Gasteiger partial charge on any atom is 0.450 e. The number of aromatic nitrogens is 4. The van der Waals surface area contributed by atoms with E-state index >= 15 is 0 Å². The number of rotatable bonds is 10. The first-order valence-corrected chi connectivity index (χ1v) is 15.2. The van der Waals surface area contributed by atoms with Crippen molar-refractivity contribution in [1.82, 2.24) is 24.5 Å².